The number of aliphatic hydroxyl groups is 2. The number of allylic oxidation sites excluding steroid dienone is 4. The highest BCUT2D eigenvalue weighted by atomic mass is 79.9. The smallest absolute Gasteiger partial charge is 0.470 e. The molecular weight excluding hydrogens is 955 g/mol. The number of aliphatic carboxylic acids is 1. The van der Waals surface area contributed by atoms with E-state index in [-0.39, 0.29) is 56.3 Å². The molecule has 1 heterocycles. The van der Waals surface area contributed by atoms with Crippen molar-refractivity contribution in [3.8, 4) is 0 Å². The van der Waals surface area contributed by atoms with E-state index >= 15 is 8.78 Å². The summed E-state index contributed by atoms with van der Waals surface area (Å²) in [6.07, 6.45) is -2.87. The number of phosphoric acid groups is 1. The maximum atomic E-state index is 17.9. The van der Waals surface area contributed by atoms with Crippen LogP contribution in [0.25, 0.3) is 0 Å². The van der Waals surface area contributed by atoms with Crippen molar-refractivity contribution >= 4 is 58.8 Å². The molecule has 2 aromatic carbocycles. The summed E-state index contributed by atoms with van der Waals surface area (Å²) in [5.74, 6) is -5.36. The molecule has 358 valence electrons. The normalized spacial score (nSPS) is 32.6. The average Bonchev–Trinajstić information content (AvgIpc) is 3.77. The zero-order valence-electron chi connectivity index (χ0n) is 36.1. The van der Waals surface area contributed by atoms with Gasteiger partial charge in [-0.05, 0) is 79.9 Å². The number of ketones is 2. The Labute approximate surface area is 387 Å². The van der Waals surface area contributed by atoms with Crippen LogP contribution in [0.4, 0.5) is 14.5 Å². The van der Waals surface area contributed by atoms with Gasteiger partial charge in [-0.1, -0.05) is 65.3 Å². The molecule has 0 spiro atoms. The first-order valence-electron chi connectivity index (χ1n) is 21.5. The fraction of sp³-hybridized carbons (Fsp3) is 0.533. The van der Waals surface area contributed by atoms with Gasteiger partial charge in [-0.3, -0.25) is 28.5 Å². The lowest BCUT2D eigenvalue weighted by molar-refractivity contribution is -0.235. The van der Waals surface area contributed by atoms with Crippen LogP contribution in [-0.4, -0.2) is 115 Å². The minimum atomic E-state index is -5.17. The number of anilines is 1. The molecule has 3 saturated carbocycles. The molecule has 2 amide bonds. The first-order valence-corrected chi connectivity index (χ1v) is 24.2. The SMILES string of the molecule is C[C@]12C=CC(=O)C=C1[C@@H](F)C[C@H]1[C@@H]3C[C@H]4O[C@@H](c5ccc(Cc6ccc(CO)c(NC[C@H](CCC(=O)O)NC(=O)CNC(=O)CBr)c6)cc5)O[C@@]4(C(=O)COP(=O)(O)O)[C@@]3(C)C[C@H](O)[C@@]12F. The number of hydrogen-bond acceptors (Lipinski definition) is 12. The maximum absolute atomic E-state index is 17.9. The summed E-state index contributed by atoms with van der Waals surface area (Å²) in [4.78, 5) is 81.2. The van der Waals surface area contributed by atoms with Gasteiger partial charge in [0.05, 0.1) is 30.7 Å². The molecule has 4 fully saturated rings. The summed E-state index contributed by atoms with van der Waals surface area (Å²) in [5.41, 5.74) is -4.51. The minimum Gasteiger partial charge on any atom is -0.481 e. The van der Waals surface area contributed by atoms with Crippen molar-refractivity contribution in [3.05, 3.63) is 88.5 Å². The van der Waals surface area contributed by atoms with E-state index < -0.39 is 115 Å². The van der Waals surface area contributed by atoms with Crippen molar-refractivity contribution in [1.82, 2.24) is 10.6 Å². The number of phosphoric ester groups is 1. The summed E-state index contributed by atoms with van der Waals surface area (Å²) < 4.78 is 63.6. The molecule has 0 radical (unpaired) electrons. The van der Waals surface area contributed by atoms with Crippen LogP contribution in [0, 0.1) is 22.7 Å². The van der Waals surface area contributed by atoms with E-state index in [4.69, 9.17) is 9.47 Å². The standard InChI is InChI=1S/C45H53BrF2N3O14P/c1-42-12-11-29(53)15-32(42)33(47)16-31-30-17-37-45(36(55)23-63-66(60,61)62,43(30,2)18-35(54)44(31,42)48)65-41(64-37)26-6-3-24(4-7-26)13-25-5-8-27(22-52)34(14-25)49-20-28(9-10-40(58)59)51-39(57)21-50-38(56)19-46/h3-8,11-12,14-15,28,30-31,33,35,37,41,49,52,54H,9-10,13,16-23H2,1-2H3,(H,50,56)(H,51,57)(H,58,59)(H2,60,61,62)/t28-,30-,31-,33-,35-,37+,41+,42-,43-,44-,45+/m0/s1. The van der Waals surface area contributed by atoms with Gasteiger partial charge in [0.2, 0.25) is 11.8 Å². The fourth-order valence-electron chi connectivity index (χ4n) is 11.2. The number of nitrogens with one attached hydrogen (secondary N) is 3. The number of Topliss-reactive ketones (excluding diaryl/α,β-unsaturated/α-hetero) is 1. The van der Waals surface area contributed by atoms with E-state index in [1.54, 1.807) is 37.3 Å². The topological polar surface area (TPSA) is 267 Å². The van der Waals surface area contributed by atoms with Gasteiger partial charge in [-0.25, -0.2) is 13.3 Å². The lowest BCUT2D eigenvalue weighted by Crippen LogP contribution is -2.70. The second-order valence-electron chi connectivity index (χ2n) is 18.1. The van der Waals surface area contributed by atoms with Crippen molar-refractivity contribution in [3.63, 3.8) is 0 Å². The number of aliphatic hydroxyl groups excluding tert-OH is 2. The molecule has 0 aromatic heterocycles. The highest BCUT2D eigenvalue weighted by molar-refractivity contribution is 9.09. The van der Waals surface area contributed by atoms with Gasteiger partial charge in [-0.15, -0.1) is 0 Å². The van der Waals surface area contributed by atoms with Gasteiger partial charge in [-0.2, -0.15) is 0 Å². The third-order valence-corrected chi connectivity index (χ3v) is 15.3. The number of halogens is 3. The number of ether oxygens (including phenoxy) is 2. The van der Waals surface area contributed by atoms with Crippen LogP contribution in [0.5, 0.6) is 0 Å². The van der Waals surface area contributed by atoms with Gasteiger partial charge in [0.15, 0.2) is 29.1 Å². The number of amides is 2. The van der Waals surface area contributed by atoms with E-state index in [1.807, 2.05) is 12.1 Å². The average molecular weight is 1010 g/mol. The van der Waals surface area contributed by atoms with Crippen LogP contribution in [-0.2, 0) is 55.6 Å². The van der Waals surface area contributed by atoms with Crippen molar-refractivity contribution in [2.45, 2.75) is 101 Å². The minimum absolute atomic E-state index is 0.00885. The van der Waals surface area contributed by atoms with E-state index in [0.29, 0.717) is 23.2 Å². The molecule has 0 unspecified atom stereocenters. The third-order valence-electron chi connectivity index (χ3n) is 14.3. The van der Waals surface area contributed by atoms with Crippen LogP contribution in [0.15, 0.2) is 66.3 Å². The molecule has 8 N–H and O–H groups in total. The second-order valence-corrected chi connectivity index (χ2v) is 19.9. The molecule has 66 heavy (non-hydrogen) atoms. The van der Waals surface area contributed by atoms with Crippen molar-refractivity contribution in [1.29, 1.82) is 0 Å². The van der Waals surface area contributed by atoms with Crippen molar-refractivity contribution < 1.29 is 76.4 Å². The summed E-state index contributed by atoms with van der Waals surface area (Å²) in [6.45, 7) is 1.47. The number of fused-ring (bicyclic) bond motifs is 7. The Morgan fingerprint density at radius 3 is 2.42 bits per heavy atom. The number of hydrogen-bond donors (Lipinski definition) is 8. The molecule has 21 heteroatoms. The lowest BCUT2D eigenvalue weighted by atomic mass is 9.44. The summed E-state index contributed by atoms with van der Waals surface area (Å²) in [5, 5.41) is 39.6. The maximum Gasteiger partial charge on any atom is 0.470 e. The van der Waals surface area contributed by atoms with Gasteiger partial charge in [0.1, 0.15) is 12.8 Å². The zero-order valence-corrected chi connectivity index (χ0v) is 38.6. The molecule has 11 atom stereocenters. The summed E-state index contributed by atoms with van der Waals surface area (Å²) >= 11 is 3.01. The van der Waals surface area contributed by atoms with Gasteiger partial charge in [0.25, 0.3) is 0 Å². The van der Waals surface area contributed by atoms with Crippen LogP contribution < -0.4 is 16.0 Å². The molecular formula is C45H53BrF2N3O14P. The molecule has 2 aromatic rings. The monoisotopic (exact) mass is 1010 g/mol. The van der Waals surface area contributed by atoms with Crippen LogP contribution in [0.2, 0.25) is 0 Å². The fourth-order valence-corrected chi connectivity index (χ4v) is 11.7. The van der Waals surface area contributed by atoms with Crippen LogP contribution in [0.3, 0.4) is 0 Å². The largest absolute Gasteiger partial charge is 0.481 e. The Kier molecular flexibility index (Phi) is 14.3. The molecule has 1 saturated heterocycles. The lowest BCUT2D eigenvalue weighted by Gasteiger charge is -2.63. The predicted octanol–water partition coefficient (Wildman–Crippen LogP) is 3.80. The molecule has 4 aliphatic carbocycles. The van der Waals surface area contributed by atoms with Gasteiger partial charge in [0, 0.05) is 52.6 Å². The van der Waals surface area contributed by atoms with E-state index in [2.05, 4.69) is 36.4 Å². The number of alkyl halides is 3. The van der Waals surface area contributed by atoms with Gasteiger partial charge < -0.3 is 50.5 Å². The Morgan fingerprint density at radius 2 is 1.76 bits per heavy atom. The number of carboxylic acids is 1. The van der Waals surface area contributed by atoms with E-state index in [9.17, 15) is 53.6 Å². The number of rotatable bonds is 18. The highest BCUT2D eigenvalue weighted by Crippen LogP contribution is 2.72. The molecule has 1 aliphatic heterocycles. The number of benzene rings is 2. The first kappa shape index (κ1) is 49.7. The van der Waals surface area contributed by atoms with Crippen LogP contribution in [0.1, 0.15) is 74.5 Å². The Hall–Kier alpha value is -4.24. The Morgan fingerprint density at radius 1 is 1.05 bits per heavy atom. The quantitative estimate of drug-likeness (QED) is 0.0780. The third kappa shape index (κ3) is 9.20. The Bertz CT molecular complexity index is 2370. The first-order chi connectivity index (χ1) is 31.1. The highest BCUT2D eigenvalue weighted by Gasteiger charge is 2.80. The van der Waals surface area contributed by atoms with Crippen molar-refractivity contribution in [2.24, 2.45) is 22.7 Å². The number of carbonyl (C=O) groups is 5. The van der Waals surface area contributed by atoms with Crippen molar-refractivity contribution in [2.75, 3.05) is 30.3 Å². The molecule has 17 nitrogen and oxygen atoms in total. The van der Waals surface area contributed by atoms with Crippen LogP contribution >= 0.6 is 23.8 Å². The zero-order chi connectivity index (χ0) is 48.0. The van der Waals surface area contributed by atoms with E-state index in [0.717, 1.165) is 23.3 Å². The predicted molar refractivity (Wildman–Crippen MR) is 234 cm³/mol. The number of carbonyl (C=O) groups excluding carboxylic acids is 4. The second kappa shape index (κ2) is 19.0. The summed E-state index contributed by atoms with van der Waals surface area (Å²) in [6, 6.07) is 11.7. The Balaban J connectivity index is 1.09. The number of carboxylic acid groups (broad SMARTS) is 1. The molecule has 7 rings (SSSR count). The molecule has 5 aliphatic rings. The molecule has 0 bridgehead atoms. The van der Waals surface area contributed by atoms with E-state index in [1.165, 1.54) is 13.0 Å². The summed E-state index contributed by atoms with van der Waals surface area (Å²) in [7, 11) is -5.17. The van der Waals surface area contributed by atoms with Gasteiger partial charge >= 0.3 is 13.8 Å².